The topological polar surface area (TPSA) is 41.1 Å². The van der Waals surface area contributed by atoms with E-state index in [9.17, 15) is 13.6 Å². The molecule has 86 valence electrons. The van der Waals surface area contributed by atoms with Crippen LogP contribution in [0.5, 0.6) is 0 Å². The molecule has 0 radical (unpaired) electrons. The molecular formula is C11H12F2N2O. The second-order valence-corrected chi connectivity index (χ2v) is 4.22. The lowest BCUT2D eigenvalue weighted by Gasteiger charge is -2.37. The third-order valence-electron chi connectivity index (χ3n) is 2.78. The Hall–Kier alpha value is -1.49. The highest BCUT2D eigenvalue weighted by molar-refractivity contribution is 5.96. The second kappa shape index (κ2) is 3.83. The number of benzene rings is 1. The minimum absolute atomic E-state index is 0.113. The maximum Gasteiger partial charge on any atom is 0.232 e. The highest BCUT2D eigenvalue weighted by Crippen LogP contribution is 2.25. The van der Waals surface area contributed by atoms with Gasteiger partial charge in [0.15, 0.2) is 11.6 Å². The van der Waals surface area contributed by atoms with Crippen molar-refractivity contribution in [3.05, 3.63) is 29.8 Å². The summed E-state index contributed by atoms with van der Waals surface area (Å²) < 4.78 is 26.2. The van der Waals surface area contributed by atoms with Crippen LogP contribution in [0.2, 0.25) is 0 Å². The van der Waals surface area contributed by atoms with E-state index in [1.54, 1.807) is 6.92 Å². The molecule has 1 amide bonds. The Labute approximate surface area is 91.8 Å². The highest BCUT2D eigenvalue weighted by Gasteiger charge is 2.39. The van der Waals surface area contributed by atoms with E-state index in [0.717, 1.165) is 6.07 Å². The Morgan fingerprint density at radius 3 is 2.69 bits per heavy atom. The Balaban J connectivity index is 2.15. The van der Waals surface area contributed by atoms with Crippen molar-refractivity contribution in [1.82, 2.24) is 5.32 Å². The molecule has 2 rings (SSSR count). The summed E-state index contributed by atoms with van der Waals surface area (Å²) in [7, 11) is 0. The van der Waals surface area contributed by atoms with Gasteiger partial charge in [-0.1, -0.05) is 6.07 Å². The average molecular weight is 226 g/mol. The van der Waals surface area contributed by atoms with Crippen molar-refractivity contribution >= 4 is 11.6 Å². The molecule has 0 aromatic heterocycles. The van der Waals surface area contributed by atoms with Gasteiger partial charge in [0.2, 0.25) is 5.91 Å². The number of amides is 1. The van der Waals surface area contributed by atoms with Crippen molar-refractivity contribution in [3.8, 4) is 0 Å². The van der Waals surface area contributed by atoms with Gasteiger partial charge in [0, 0.05) is 13.1 Å². The van der Waals surface area contributed by atoms with Gasteiger partial charge in [0.05, 0.1) is 11.1 Å². The van der Waals surface area contributed by atoms with Crippen LogP contribution >= 0.6 is 0 Å². The molecule has 1 aliphatic heterocycles. The van der Waals surface area contributed by atoms with E-state index in [1.165, 1.54) is 12.1 Å². The Morgan fingerprint density at radius 2 is 2.12 bits per heavy atom. The molecule has 16 heavy (non-hydrogen) atoms. The molecule has 0 unspecified atom stereocenters. The molecular weight excluding hydrogens is 214 g/mol. The first kappa shape index (κ1) is 11.0. The van der Waals surface area contributed by atoms with E-state index >= 15 is 0 Å². The third-order valence-corrected chi connectivity index (χ3v) is 2.78. The molecule has 0 bridgehead atoms. The standard InChI is InChI=1S/C11H12F2N2O/c1-11(5-14-6-11)10(16)15-8-4-2-3-7(12)9(8)13/h2-4,14H,5-6H2,1H3,(H,15,16). The molecule has 0 atom stereocenters. The second-order valence-electron chi connectivity index (χ2n) is 4.22. The number of carbonyl (C=O) groups excluding carboxylic acids is 1. The van der Waals surface area contributed by atoms with Crippen LogP contribution < -0.4 is 10.6 Å². The maximum absolute atomic E-state index is 13.3. The summed E-state index contributed by atoms with van der Waals surface area (Å²) in [6.07, 6.45) is 0. The van der Waals surface area contributed by atoms with Crippen molar-refractivity contribution in [2.75, 3.05) is 18.4 Å². The van der Waals surface area contributed by atoms with E-state index in [1.807, 2.05) is 0 Å². The van der Waals surface area contributed by atoms with Crippen LogP contribution in [-0.2, 0) is 4.79 Å². The molecule has 5 heteroatoms. The van der Waals surface area contributed by atoms with Crippen LogP contribution in [0.25, 0.3) is 0 Å². The first-order valence-electron chi connectivity index (χ1n) is 4.99. The van der Waals surface area contributed by atoms with Crippen LogP contribution in [-0.4, -0.2) is 19.0 Å². The number of hydrogen-bond acceptors (Lipinski definition) is 2. The van der Waals surface area contributed by atoms with Gasteiger partial charge >= 0.3 is 0 Å². The van der Waals surface area contributed by atoms with Crippen molar-refractivity contribution in [2.24, 2.45) is 5.41 Å². The zero-order valence-corrected chi connectivity index (χ0v) is 8.81. The fraction of sp³-hybridized carbons (Fsp3) is 0.364. The zero-order chi connectivity index (χ0) is 11.8. The van der Waals surface area contributed by atoms with Crippen LogP contribution in [0.15, 0.2) is 18.2 Å². The largest absolute Gasteiger partial charge is 0.323 e. The molecule has 0 aliphatic carbocycles. The number of nitrogens with one attached hydrogen (secondary N) is 2. The number of halogens is 2. The fourth-order valence-electron chi connectivity index (χ4n) is 1.53. The van der Waals surface area contributed by atoms with Crippen LogP contribution in [0, 0.1) is 17.0 Å². The molecule has 1 saturated heterocycles. The predicted molar refractivity (Wildman–Crippen MR) is 56.0 cm³/mol. The highest BCUT2D eigenvalue weighted by atomic mass is 19.2. The van der Waals surface area contributed by atoms with Gasteiger partial charge in [-0.2, -0.15) is 0 Å². The Morgan fingerprint density at radius 1 is 1.44 bits per heavy atom. The van der Waals surface area contributed by atoms with E-state index in [-0.39, 0.29) is 11.6 Å². The SMILES string of the molecule is CC1(C(=O)Nc2cccc(F)c2F)CNC1. The summed E-state index contributed by atoms with van der Waals surface area (Å²) in [6.45, 7) is 2.88. The zero-order valence-electron chi connectivity index (χ0n) is 8.81. The average Bonchev–Trinajstić information content (AvgIpc) is 2.21. The lowest BCUT2D eigenvalue weighted by atomic mass is 9.83. The summed E-state index contributed by atoms with van der Waals surface area (Å²) in [5, 5.41) is 5.37. The third kappa shape index (κ3) is 1.78. The molecule has 0 spiro atoms. The lowest BCUT2D eigenvalue weighted by Crippen LogP contribution is -2.58. The van der Waals surface area contributed by atoms with Gasteiger partial charge in [-0.3, -0.25) is 4.79 Å². The lowest BCUT2D eigenvalue weighted by molar-refractivity contribution is -0.127. The molecule has 3 nitrogen and oxygen atoms in total. The monoisotopic (exact) mass is 226 g/mol. The maximum atomic E-state index is 13.3. The van der Waals surface area contributed by atoms with Crippen LogP contribution in [0.1, 0.15) is 6.92 Å². The van der Waals surface area contributed by atoms with E-state index < -0.39 is 17.0 Å². The van der Waals surface area contributed by atoms with Gasteiger partial charge in [-0.05, 0) is 19.1 Å². The molecule has 0 saturated carbocycles. The predicted octanol–water partition coefficient (Wildman–Crippen LogP) is 1.51. The number of hydrogen-bond donors (Lipinski definition) is 2. The molecule has 1 aliphatic rings. The van der Waals surface area contributed by atoms with E-state index in [4.69, 9.17) is 0 Å². The summed E-state index contributed by atoms with van der Waals surface area (Å²) in [5.41, 5.74) is -0.642. The number of rotatable bonds is 2. The van der Waals surface area contributed by atoms with Crippen LogP contribution in [0.3, 0.4) is 0 Å². The fourth-order valence-corrected chi connectivity index (χ4v) is 1.53. The summed E-state index contributed by atoms with van der Waals surface area (Å²) in [4.78, 5) is 11.7. The molecule has 2 N–H and O–H groups in total. The molecule has 1 heterocycles. The molecule has 1 aromatic rings. The van der Waals surface area contributed by atoms with Crippen molar-refractivity contribution in [3.63, 3.8) is 0 Å². The smallest absolute Gasteiger partial charge is 0.232 e. The molecule has 1 fully saturated rings. The number of anilines is 1. The van der Waals surface area contributed by atoms with Crippen molar-refractivity contribution < 1.29 is 13.6 Å². The van der Waals surface area contributed by atoms with Gasteiger partial charge in [-0.15, -0.1) is 0 Å². The van der Waals surface area contributed by atoms with Gasteiger partial charge in [0.1, 0.15) is 0 Å². The van der Waals surface area contributed by atoms with Crippen LogP contribution in [0.4, 0.5) is 14.5 Å². The van der Waals surface area contributed by atoms with Gasteiger partial charge in [-0.25, -0.2) is 8.78 Å². The molecule has 1 aromatic carbocycles. The van der Waals surface area contributed by atoms with E-state index in [2.05, 4.69) is 10.6 Å². The first-order chi connectivity index (χ1) is 7.53. The van der Waals surface area contributed by atoms with Gasteiger partial charge in [0.25, 0.3) is 0 Å². The van der Waals surface area contributed by atoms with E-state index in [0.29, 0.717) is 13.1 Å². The van der Waals surface area contributed by atoms with Crippen molar-refractivity contribution in [1.29, 1.82) is 0 Å². The minimum Gasteiger partial charge on any atom is -0.323 e. The minimum atomic E-state index is -1.02. The first-order valence-corrected chi connectivity index (χ1v) is 4.99. The quantitative estimate of drug-likeness (QED) is 0.802. The Kier molecular flexibility index (Phi) is 2.63. The van der Waals surface area contributed by atoms with Crippen molar-refractivity contribution in [2.45, 2.75) is 6.92 Å². The Bertz CT molecular complexity index is 430. The summed E-state index contributed by atoms with van der Waals surface area (Å²) in [5.74, 6) is -2.28. The van der Waals surface area contributed by atoms with Gasteiger partial charge < -0.3 is 10.6 Å². The normalized spacial score (nSPS) is 17.7. The number of carbonyl (C=O) groups is 1. The summed E-state index contributed by atoms with van der Waals surface area (Å²) in [6, 6.07) is 3.71. The summed E-state index contributed by atoms with van der Waals surface area (Å²) >= 11 is 0.